The van der Waals surface area contributed by atoms with Gasteiger partial charge in [0.05, 0.1) is 4.90 Å². The van der Waals surface area contributed by atoms with E-state index in [1.54, 1.807) is 23.9 Å². The van der Waals surface area contributed by atoms with Gasteiger partial charge in [-0.1, -0.05) is 12.1 Å². The Hall–Kier alpha value is -1.05. The summed E-state index contributed by atoms with van der Waals surface area (Å²) in [6.45, 7) is 0.393. The highest BCUT2D eigenvalue weighted by Crippen LogP contribution is 2.11. The minimum atomic E-state index is -3.46. The molecular formula is C12H17NO4S2. The van der Waals surface area contributed by atoms with Gasteiger partial charge in [0, 0.05) is 18.7 Å². The molecule has 0 amide bonds. The van der Waals surface area contributed by atoms with Crippen molar-refractivity contribution in [3.63, 3.8) is 0 Å². The number of benzene rings is 1. The van der Waals surface area contributed by atoms with Gasteiger partial charge in [0.1, 0.15) is 0 Å². The van der Waals surface area contributed by atoms with Crippen molar-refractivity contribution in [2.75, 3.05) is 18.6 Å². The monoisotopic (exact) mass is 303 g/mol. The Morgan fingerprint density at radius 2 is 1.95 bits per heavy atom. The first-order valence-electron chi connectivity index (χ1n) is 5.75. The van der Waals surface area contributed by atoms with E-state index in [0.717, 1.165) is 11.3 Å². The first-order valence-corrected chi connectivity index (χ1v) is 8.63. The number of thioether (sulfide) groups is 1. The highest BCUT2D eigenvalue weighted by molar-refractivity contribution is 7.98. The quantitative estimate of drug-likeness (QED) is 0.708. The summed E-state index contributed by atoms with van der Waals surface area (Å²) in [7, 11) is -3.46. The van der Waals surface area contributed by atoms with E-state index in [9.17, 15) is 13.2 Å². The summed E-state index contributed by atoms with van der Waals surface area (Å²) >= 11 is 1.57. The van der Waals surface area contributed by atoms with E-state index in [1.807, 2.05) is 6.26 Å². The van der Waals surface area contributed by atoms with Gasteiger partial charge in [-0.05, 0) is 30.4 Å². The fourth-order valence-corrected chi connectivity index (χ4v) is 2.92. The van der Waals surface area contributed by atoms with Crippen LogP contribution in [0.4, 0.5) is 0 Å². The van der Waals surface area contributed by atoms with E-state index in [-0.39, 0.29) is 11.3 Å². The summed E-state index contributed by atoms with van der Waals surface area (Å²) in [5.41, 5.74) is 0.811. The number of aryl methyl sites for hydroxylation is 1. The fraction of sp³-hybridized carbons (Fsp3) is 0.417. The predicted molar refractivity (Wildman–Crippen MR) is 76.0 cm³/mol. The molecule has 19 heavy (non-hydrogen) atoms. The number of rotatable bonds is 8. The second kappa shape index (κ2) is 7.52. The van der Waals surface area contributed by atoms with Crippen LogP contribution in [0.2, 0.25) is 0 Å². The lowest BCUT2D eigenvalue weighted by atomic mass is 10.1. The lowest BCUT2D eigenvalue weighted by Crippen LogP contribution is -2.25. The summed E-state index contributed by atoms with van der Waals surface area (Å²) in [5, 5.41) is 8.57. The summed E-state index contributed by atoms with van der Waals surface area (Å²) < 4.78 is 26.2. The number of carbonyl (C=O) groups is 1. The van der Waals surface area contributed by atoms with Crippen LogP contribution in [0.1, 0.15) is 12.0 Å². The lowest BCUT2D eigenvalue weighted by molar-refractivity contribution is -0.136. The third-order valence-electron chi connectivity index (χ3n) is 2.46. The van der Waals surface area contributed by atoms with Crippen LogP contribution in [-0.4, -0.2) is 38.0 Å². The molecule has 0 aromatic heterocycles. The topological polar surface area (TPSA) is 83.5 Å². The van der Waals surface area contributed by atoms with Crippen LogP contribution < -0.4 is 4.72 Å². The molecule has 0 aliphatic heterocycles. The molecule has 7 heteroatoms. The number of nitrogens with one attached hydrogen (secondary N) is 1. The van der Waals surface area contributed by atoms with Crippen molar-refractivity contribution in [3.8, 4) is 0 Å². The van der Waals surface area contributed by atoms with Gasteiger partial charge in [0.15, 0.2) is 0 Å². The van der Waals surface area contributed by atoms with Crippen LogP contribution in [0.3, 0.4) is 0 Å². The van der Waals surface area contributed by atoms with Gasteiger partial charge in [-0.3, -0.25) is 4.79 Å². The van der Waals surface area contributed by atoms with E-state index in [4.69, 9.17) is 5.11 Å². The number of hydrogen-bond acceptors (Lipinski definition) is 4. The molecular weight excluding hydrogens is 286 g/mol. The number of sulfonamides is 1. The molecule has 0 atom stereocenters. The van der Waals surface area contributed by atoms with Gasteiger partial charge < -0.3 is 5.11 Å². The zero-order valence-electron chi connectivity index (χ0n) is 10.6. The Morgan fingerprint density at radius 3 is 2.47 bits per heavy atom. The Labute approximate surface area is 117 Å². The maximum absolute atomic E-state index is 11.9. The lowest BCUT2D eigenvalue weighted by Gasteiger charge is -2.06. The predicted octanol–water partition coefficient (Wildman–Crippen LogP) is 1.35. The SMILES string of the molecule is CSCCNS(=O)(=O)c1ccc(CCC(=O)O)cc1. The number of carboxylic acid groups (broad SMARTS) is 1. The van der Waals surface area contributed by atoms with Gasteiger partial charge >= 0.3 is 5.97 Å². The minimum Gasteiger partial charge on any atom is -0.481 e. The first-order chi connectivity index (χ1) is 8.95. The second-order valence-electron chi connectivity index (χ2n) is 3.93. The zero-order valence-corrected chi connectivity index (χ0v) is 12.3. The van der Waals surface area contributed by atoms with Crippen molar-refractivity contribution in [2.45, 2.75) is 17.7 Å². The average Bonchev–Trinajstić information content (AvgIpc) is 2.37. The Balaban J connectivity index is 2.66. The number of hydrogen-bond donors (Lipinski definition) is 2. The molecule has 1 rings (SSSR count). The van der Waals surface area contributed by atoms with E-state index < -0.39 is 16.0 Å². The van der Waals surface area contributed by atoms with Crippen molar-refractivity contribution in [1.82, 2.24) is 4.72 Å². The maximum Gasteiger partial charge on any atom is 0.303 e. The summed E-state index contributed by atoms with van der Waals surface area (Å²) in [6, 6.07) is 6.29. The molecule has 1 aromatic carbocycles. The Morgan fingerprint density at radius 1 is 1.32 bits per heavy atom. The third-order valence-corrected chi connectivity index (χ3v) is 4.55. The molecule has 2 N–H and O–H groups in total. The average molecular weight is 303 g/mol. The highest BCUT2D eigenvalue weighted by atomic mass is 32.2. The maximum atomic E-state index is 11.9. The Kier molecular flexibility index (Phi) is 6.33. The van der Waals surface area contributed by atoms with Gasteiger partial charge in [-0.25, -0.2) is 13.1 Å². The fourth-order valence-electron chi connectivity index (χ4n) is 1.45. The van der Waals surface area contributed by atoms with Crippen LogP contribution in [0.15, 0.2) is 29.2 Å². The molecule has 1 aromatic rings. The van der Waals surface area contributed by atoms with Crippen LogP contribution >= 0.6 is 11.8 Å². The molecule has 0 bridgehead atoms. The molecule has 0 aliphatic rings. The molecule has 0 unspecified atom stereocenters. The van der Waals surface area contributed by atoms with Gasteiger partial charge in [-0.15, -0.1) is 0 Å². The third kappa shape index (κ3) is 5.63. The largest absolute Gasteiger partial charge is 0.481 e. The van der Waals surface area contributed by atoms with Crippen molar-refractivity contribution in [1.29, 1.82) is 0 Å². The second-order valence-corrected chi connectivity index (χ2v) is 6.68. The zero-order chi connectivity index (χ0) is 14.3. The summed E-state index contributed by atoms with van der Waals surface area (Å²) in [4.78, 5) is 10.6. The molecule has 0 radical (unpaired) electrons. The molecule has 106 valence electrons. The van der Waals surface area contributed by atoms with Crippen molar-refractivity contribution >= 4 is 27.8 Å². The molecule has 0 spiro atoms. The normalized spacial score (nSPS) is 11.4. The molecule has 0 aliphatic carbocycles. The molecule has 0 fully saturated rings. The Bertz CT molecular complexity index is 511. The molecule has 5 nitrogen and oxygen atoms in total. The smallest absolute Gasteiger partial charge is 0.303 e. The van der Waals surface area contributed by atoms with E-state index in [1.165, 1.54) is 12.1 Å². The van der Waals surface area contributed by atoms with E-state index >= 15 is 0 Å². The number of aliphatic carboxylic acids is 1. The minimum absolute atomic E-state index is 0.0398. The first kappa shape index (κ1) is 16.0. The molecule has 0 saturated carbocycles. The van der Waals surface area contributed by atoms with E-state index in [2.05, 4.69) is 4.72 Å². The standard InChI is InChI=1S/C12H17NO4S2/c1-18-9-8-13-19(16,17)11-5-2-10(3-6-11)4-7-12(14)15/h2-3,5-6,13H,4,7-9H2,1H3,(H,14,15). The van der Waals surface area contributed by atoms with Crippen LogP contribution in [0, 0.1) is 0 Å². The number of carboxylic acids is 1. The van der Waals surface area contributed by atoms with Crippen LogP contribution in [0.25, 0.3) is 0 Å². The highest BCUT2D eigenvalue weighted by Gasteiger charge is 2.12. The van der Waals surface area contributed by atoms with Crippen LogP contribution in [-0.2, 0) is 21.2 Å². The van der Waals surface area contributed by atoms with E-state index in [0.29, 0.717) is 13.0 Å². The molecule has 0 heterocycles. The van der Waals surface area contributed by atoms with Crippen molar-refractivity contribution in [2.24, 2.45) is 0 Å². The summed E-state index contributed by atoms with van der Waals surface area (Å²) in [5.74, 6) is -0.147. The van der Waals surface area contributed by atoms with Gasteiger partial charge in [0.2, 0.25) is 10.0 Å². The van der Waals surface area contributed by atoms with Gasteiger partial charge in [-0.2, -0.15) is 11.8 Å². The van der Waals surface area contributed by atoms with Crippen molar-refractivity contribution < 1.29 is 18.3 Å². The van der Waals surface area contributed by atoms with Crippen LogP contribution in [0.5, 0.6) is 0 Å². The van der Waals surface area contributed by atoms with Gasteiger partial charge in [0.25, 0.3) is 0 Å². The molecule has 0 saturated heterocycles. The van der Waals surface area contributed by atoms with Crippen molar-refractivity contribution in [3.05, 3.63) is 29.8 Å². The summed E-state index contributed by atoms with van der Waals surface area (Å²) in [6.07, 6.45) is 2.35.